The molecule has 1 aromatic rings. The van der Waals surface area contributed by atoms with Crippen molar-refractivity contribution in [2.45, 2.75) is 31.9 Å². The van der Waals surface area contributed by atoms with Crippen molar-refractivity contribution >= 4 is 21.2 Å². The van der Waals surface area contributed by atoms with E-state index in [1.54, 1.807) is 11.3 Å². The second-order valence-corrected chi connectivity index (χ2v) is 8.30. The van der Waals surface area contributed by atoms with Crippen LogP contribution in [0.5, 0.6) is 0 Å². The quantitative estimate of drug-likeness (QED) is 0.691. The van der Waals surface area contributed by atoms with Crippen LogP contribution < -0.4 is 0 Å². The molecule has 0 radical (unpaired) electrons. The fourth-order valence-electron chi connectivity index (χ4n) is 1.84. The van der Waals surface area contributed by atoms with Crippen LogP contribution in [-0.4, -0.2) is 27.4 Å². The Hall–Kier alpha value is -0.390. The topological polar surface area (TPSA) is 43.4 Å². The van der Waals surface area contributed by atoms with Gasteiger partial charge in [0.2, 0.25) is 0 Å². The summed E-state index contributed by atoms with van der Waals surface area (Å²) >= 11 is 1.59. The zero-order valence-electron chi connectivity index (χ0n) is 10.7. The number of rotatable bonds is 8. The molecule has 1 aliphatic carbocycles. The van der Waals surface area contributed by atoms with Crippen LogP contribution in [0.4, 0.5) is 0 Å². The summed E-state index contributed by atoms with van der Waals surface area (Å²) in [6.07, 6.45) is 3.72. The Morgan fingerprint density at radius 2 is 2.17 bits per heavy atom. The van der Waals surface area contributed by atoms with Crippen molar-refractivity contribution in [3.63, 3.8) is 0 Å². The summed E-state index contributed by atoms with van der Waals surface area (Å²) in [5.41, 5.74) is 0.899. The summed E-state index contributed by atoms with van der Waals surface area (Å²) in [5.74, 6) is 1.12. The number of aryl methyl sites for hydroxylation is 1. The highest BCUT2D eigenvalue weighted by molar-refractivity contribution is 7.90. The highest BCUT2D eigenvalue weighted by Gasteiger charge is 2.20. The Morgan fingerprint density at radius 3 is 2.78 bits per heavy atom. The largest absolute Gasteiger partial charge is 0.380 e. The lowest BCUT2D eigenvalue weighted by Crippen LogP contribution is -2.14. The maximum absolute atomic E-state index is 11.8. The van der Waals surface area contributed by atoms with E-state index in [1.165, 1.54) is 12.8 Å². The molecule has 0 saturated heterocycles. The van der Waals surface area contributed by atoms with Crippen molar-refractivity contribution in [2.24, 2.45) is 5.92 Å². The number of hydrogen-bond donors (Lipinski definition) is 0. The lowest BCUT2D eigenvalue weighted by atomic mass is 10.3. The third kappa shape index (κ3) is 5.08. The Balaban J connectivity index is 1.66. The first kappa shape index (κ1) is 14.0. The molecule has 0 atom stereocenters. The molecule has 1 aliphatic rings. The summed E-state index contributed by atoms with van der Waals surface area (Å²) in [6, 6.07) is 1.94. The third-order valence-corrected chi connectivity index (χ3v) is 5.55. The Bertz CT molecular complexity index is 472. The second-order valence-electron chi connectivity index (χ2n) is 5.00. The predicted molar refractivity (Wildman–Crippen MR) is 74.7 cm³/mol. The highest BCUT2D eigenvalue weighted by Crippen LogP contribution is 2.32. The normalized spacial score (nSPS) is 16.1. The van der Waals surface area contributed by atoms with Crippen LogP contribution in [0, 0.1) is 12.8 Å². The van der Waals surface area contributed by atoms with Gasteiger partial charge in [0, 0.05) is 11.5 Å². The van der Waals surface area contributed by atoms with Crippen LogP contribution in [0.2, 0.25) is 0 Å². The van der Waals surface area contributed by atoms with Crippen LogP contribution in [0.1, 0.15) is 29.7 Å². The monoisotopic (exact) mass is 288 g/mol. The zero-order chi connectivity index (χ0) is 13.0. The molecule has 1 fully saturated rings. The molecule has 3 nitrogen and oxygen atoms in total. The molecule has 1 heterocycles. The highest BCUT2D eigenvalue weighted by atomic mass is 32.2. The van der Waals surface area contributed by atoms with Crippen molar-refractivity contribution in [3.8, 4) is 0 Å². The van der Waals surface area contributed by atoms with Crippen LogP contribution in [0.3, 0.4) is 0 Å². The molecule has 0 N–H and O–H groups in total. The second kappa shape index (κ2) is 6.17. The molecule has 0 spiro atoms. The van der Waals surface area contributed by atoms with Gasteiger partial charge in [-0.25, -0.2) is 8.42 Å². The SMILES string of the molecule is Cc1cc(CS(=O)(=O)CCOCCC2CC2)cs1. The molecule has 1 saturated carbocycles. The van der Waals surface area contributed by atoms with E-state index in [0.29, 0.717) is 13.2 Å². The van der Waals surface area contributed by atoms with E-state index >= 15 is 0 Å². The van der Waals surface area contributed by atoms with E-state index in [2.05, 4.69) is 0 Å². The third-order valence-electron chi connectivity index (χ3n) is 3.08. The summed E-state index contributed by atoms with van der Waals surface area (Å²) in [6.45, 7) is 3.03. The van der Waals surface area contributed by atoms with E-state index in [-0.39, 0.29) is 11.5 Å². The van der Waals surface area contributed by atoms with Crippen molar-refractivity contribution in [2.75, 3.05) is 19.0 Å². The Morgan fingerprint density at radius 1 is 1.39 bits per heavy atom. The van der Waals surface area contributed by atoms with E-state index in [1.807, 2.05) is 18.4 Å². The molecule has 0 aliphatic heterocycles. The maximum Gasteiger partial charge on any atom is 0.156 e. The van der Waals surface area contributed by atoms with Crippen LogP contribution in [0.25, 0.3) is 0 Å². The molecule has 0 bridgehead atoms. The summed E-state index contributed by atoms with van der Waals surface area (Å²) in [7, 11) is -3.02. The molecular formula is C13H20O3S2. The fourth-order valence-corrected chi connectivity index (χ4v) is 3.85. The summed E-state index contributed by atoms with van der Waals surface area (Å²) in [5, 5.41) is 1.92. The molecular weight excluding hydrogens is 268 g/mol. The van der Waals surface area contributed by atoms with Gasteiger partial charge in [0.25, 0.3) is 0 Å². The van der Waals surface area contributed by atoms with Crippen LogP contribution in [0.15, 0.2) is 11.4 Å². The number of ether oxygens (including phenoxy) is 1. The maximum atomic E-state index is 11.8. The number of hydrogen-bond acceptors (Lipinski definition) is 4. The minimum atomic E-state index is -3.02. The van der Waals surface area contributed by atoms with Crippen LogP contribution in [-0.2, 0) is 20.3 Å². The minimum absolute atomic E-state index is 0.132. The molecule has 102 valence electrons. The van der Waals surface area contributed by atoms with E-state index in [9.17, 15) is 8.42 Å². The smallest absolute Gasteiger partial charge is 0.156 e. The van der Waals surface area contributed by atoms with Gasteiger partial charge >= 0.3 is 0 Å². The molecule has 0 amide bonds. The Kier molecular flexibility index (Phi) is 4.81. The van der Waals surface area contributed by atoms with E-state index in [0.717, 1.165) is 22.8 Å². The van der Waals surface area contributed by atoms with Crippen molar-refractivity contribution in [3.05, 3.63) is 21.9 Å². The van der Waals surface area contributed by atoms with Gasteiger partial charge in [0.1, 0.15) is 0 Å². The van der Waals surface area contributed by atoms with Gasteiger partial charge in [0.05, 0.1) is 18.1 Å². The molecule has 18 heavy (non-hydrogen) atoms. The molecule has 0 unspecified atom stereocenters. The molecule has 2 rings (SSSR count). The first-order valence-electron chi connectivity index (χ1n) is 6.37. The predicted octanol–water partition coefficient (Wildman–Crippen LogP) is 2.79. The minimum Gasteiger partial charge on any atom is -0.380 e. The van der Waals surface area contributed by atoms with Gasteiger partial charge in [-0.2, -0.15) is 0 Å². The van der Waals surface area contributed by atoms with Gasteiger partial charge < -0.3 is 4.74 Å². The van der Waals surface area contributed by atoms with Crippen molar-refractivity contribution in [1.29, 1.82) is 0 Å². The molecule has 1 aromatic heterocycles. The lowest BCUT2D eigenvalue weighted by molar-refractivity contribution is 0.142. The van der Waals surface area contributed by atoms with Gasteiger partial charge in [-0.05, 0) is 36.3 Å². The lowest BCUT2D eigenvalue weighted by Gasteiger charge is -2.04. The average molecular weight is 288 g/mol. The standard InChI is InChI=1S/C13H20O3S2/c1-11-8-13(9-17-11)10-18(14,15)7-6-16-5-4-12-2-3-12/h8-9,12H,2-7,10H2,1H3. The van der Waals surface area contributed by atoms with Crippen LogP contribution >= 0.6 is 11.3 Å². The van der Waals surface area contributed by atoms with E-state index < -0.39 is 9.84 Å². The van der Waals surface area contributed by atoms with Crippen molar-refractivity contribution in [1.82, 2.24) is 0 Å². The summed E-state index contributed by atoms with van der Waals surface area (Å²) < 4.78 is 29.1. The first-order chi connectivity index (χ1) is 8.55. The molecule has 0 aromatic carbocycles. The van der Waals surface area contributed by atoms with Crippen molar-refractivity contribution < 1.29 is 13.2 Å². The van der Waals surface area contributed by atoms with Gasteiger partial charge in [-0.3, -0.25) is 0 Å². The molecule has 5 heteroatoms. The number of sulfone groups is 1. The fraction of sp³-hybridized carbons (Fsp3) is 0.692. The Labute approximate surface area is 113 Å². The zero-order valence-corrected chi connectivity index (χ0v) is 12.4. The van der Waals surface area contributed by atoms with Gasteiger partial charge in [-0.15, -0.1) is 11.3 Å². The first-order valence-corrected chi connectivity index (χ1v) is 9.07. The number of thiophene rings is 1. The average Bonchev–Trinajstić information content (AvgIpc) is 3.02. The van der Waals surface area contributed by atoms with Gasteiger partial charge in [0.15, 0.2) is 9.84 Å². The van der Waals surface area contributed by atoms with Gasteiger partial charge in [-0.1, -0.05) is 12.8 Å². The summed E-state index contributed by atoms with van der Waals surface area (Å²) in [4.78, 5) is 1.15. The van der Waals surface area contributed by atoms with E-state index in [4.69, 9.17) is 4.74 Å².